The SMILES string of the molecule is CC(C)C(N)CC(=O)NCC(C)(O)CN(C)C. The number of nitrogens with zero attached hydrogens (tertiary/aromatic N) is 1. The van der Waals surface area contributed by atoms with Crippen molar-refractivity contribution in [1.29, 1.82) is 0 Å². The number of hydrogen-bond acceptors (Lipinski definition) is 4. The molecule has 0 radical (unpaired) electrons. The molecule has 0 aromatic heterocycles. The van der Waals surface area contributed by atoms with Crippen molar-refractivity contribution in [3.8, 4) is 0 Å². The Morgan fingerprint density at radius 1 is 1.47 bits per heavy atom. The summed E-state index contributed by atoms with van der Waals surface area (Å²) in [5.74, 6) is 0.174. The molecular weight excluding hydrogens is 218 g/mol. The van der Waals surface area contributed by atoms with Crippen LogP contribution in [0.3, 0.4) is 0 Å². The molecule has 0 fully saturated rings. The van der Waals surface area contributed by atoms with Gasteiger partial charge in [0.25, 0.3) is 0 Å². The van der Waals surface area contributed by atoms with Crippen molar-refractivity contribution in [1.82, 2.24) is 10.2 Å². The zero-order valence-electron chi connectivity index (χ0n) is 11.7. The van der Waals surface area contributed by atoms with Crippen molar-refractivity contribution in [2.75, 3.05) is 27.2 Å². The van der Waals surface area contributed by atoms with Crippen molar-refractivity contribution in [2.24, 2.45) is 11.7 Å². The Labute approximate surface area is 104 Å². The minimum atomic E-state index is -0.916. The van der Waals surface area contributed by atoms with E-state index in [0.717, 1.165) is 0 Å². The summed E-state index contributed by atoms with van der Waals surface area (Å²) in [6.45, 7) is 6.42. The standard InChI is InChI=1S/C12H27N3O2/c1-9(2)10(13)6-11(16)14-7-12(3,17)8-15(4)5/h9-10,17H,6-8,13H2,1-5H3,(H,14,16). The zero-order chi connectivity index (χ0) is 13.6. The first-order chi connectivity index (χ1) is 7.64. The highest BCUT2D eigenvalue weighted by Gasteiger charge is 2.22. The normalized spacial score (nSPS) is 17.0. The van der Waals surface area contributed by atoms with Gasteiger partial charge in [0.15, 0.2) is 0 Å². The number of nitrogens with two attached hydrogens (primary N) is 1. The molecule has 5 nitrogen and oxygen atoms in total. The molecule has 0 aliphatic carbocycles. The number of aliphatic hydroxyl groups is 1. The summed E-state index contributed by atoms with van der Waals surface area (Å²) in [6.07, 6.45) is 0.301. The predicted molar refractivity (Wildman–Crippen MR) is 69.6 cm³/mol. The van der Waals surface area contributed by atoms with E-state index in [1.54, 1.807) is 6.92 Å². The van der Waals surface area contributed by atoms with Crippen molar-refractivity contribution < 1.29 is 9.90 Å². The monoisotopic (exact) mass is 245 g/mol. The summed E-state index contributed by atoms with van der Waals surface area (Å²) in [7, 11) is 3.76. The van der Waals surface area contributed by atoms with Gasteiger partial charge in [0, 0.05) is 25.6 Å². The summed E-state index contributed by atoms with van der Waals surface area (Å²) in [6, 6.07) is -0.131. The Hall–Kier alpha value is -0.650. The lowest BCUT2D eigenvalue weighted by Crippen LogP contribution is -2.48. The molecular formula is C12H27N3O2. The zero-order valence-corrected chi connectivity index (χ0v) is 11.7. The summed E-state index contributed by atoms with van der Waals surface area (Å²) in [4.78, 5) is 13.5. The molecule has 0 heterocycles. The second-order valence-corrected chi connectivity index (χ2v) is 5.62. The number of rotatable bonds is 7. The van der Waals surface area contributed by atoms with Gasteiger partial charge in [-0.3, -0.25) is 4.79 Å². The Morgan fingerprint density at radius 3 is 2.41 bits per heavy atom. The van der Waals surface area contributed by atoms with E-state index in [1.807, 2.05) is 32.8 Å². The molecule has 102 valence electrons. The average Bonchev–Trinajstić information content (AvgIpc) is 2.12. The molecule has 0 saturated carbocycles. The van der Waals surface area contributed by atoms with Gasteiger partial charge in [0.05, 0.1) is 5.60 Å². The van der Waals surface area contributed by atoms with Crippen molar-refractivity contribution in [3.05, 3.63) is 0 Å². The number of carbonyl (C=O) groups is 1. The third kappa shape index (κ3) is 8.12. The number of amides is 1. The quantitative estimate of drug-likeness (QED) is 0.580. The van der Waals surface area contributed by atoms with Crippen molar-refractivity contribution >= 4 is 5.91 Å². The fraction of sp³-hybridized carbons (Fsp3) is 0.917. The van der Waals surface area contributed by atoms with Crippen LogP contribution in [0.5, 0.6) is 0 Å². The number of hydrogen-bond donors (Lipinski definition) is 3. The Kier molecular flexibility index (Phi) is 6.67. The van der Waals surface area contributed by atoms with Gasteiger partial charge in [-0.1, -0.05) is 13.8 Å². The van der Waals surface area contributed by atoms with Crippen LogP contribution in [0.25, 0.3) is 0 Å². The summed E-state index contributed by atoms with van der Waals surface area (Å²) < 4.78 is 0. The lowest BCUT2D eigenvalue weighted by atomic mass is 10.0. The molecule has 0 rings (SSSR count). The van der Waals surface area contributed by atoms with Gasteiger partial charge in [-0.05, 0) is 26.9 Å². The highest BCUT2D eigenvalue weighted by molar-refractivity contribution is 5.76. The van der Waals surface area contributed by atoms with Crippen LogP contribution in [-0.4, -0.2) is 54.7 Å². The first-order valence-corrected chi connectivity index (χ1v) is 6.03. The van der Waals surface area contributed by atoms with E-state index in [4.69, 9.17) is 5.73 Å². The Bertz CT molecular complexity index is 240. The van der Waals surface area contributed by atoms with Gasteiger partial charge in [-0.15, -0.1) is 0 Å². The Morgan fingerprint density at radius 2 is 2.00 bits per heavy atom. The van der Waals surface area contributed by atoms with E-state index < -0.39 is 5.60 Å². The van der Waals surface area contributed by atoms with Crippen LogP contribution in [0.2, 0.25) is 0 Å². The molecule has 0 saturated heterocycles. The molecule has 4 N–H and O–H groups in total. The topological polar surface area (TPSA) is 78.6 Å². The fourth-order valence-corrected chi connectivity index (χ4v) is 1.55. The van der Waals surface area contributed by atoms with Gasteiger partial charge in [0.2, 0.25) is 5.91 Å². The molecule has 0 aliphatic rings. The van der Waals surface area contributed by atoms with Crippen LogP contribution in [-0.2, 0) is 4.79 Å². The van der Waals surface area contributed by atoms with Crippen molar-refractivity contribution in [3.63, 3.8) is 0 Å². The lowest BCUT2D eigenvalue weighted by Gasteiger charge is -2.27. The van der Waals surface area contributed by atoms with E-state index in [0.29, 0.717) is 13.0 Å². The molecule has 2 atom stereocenters. The van der Waals surface area contributed by atoms with Crippen LogP contribution in [0.15, 0.2) is 0 Å². The minimum absolute atomic E-state index is 0.106. The molecule has 0 aromatic carbocycles. The predicted octanol–water partition coefficient (Wildman–Crippen LogP) is -0.211. The second kappa shape index (κ2) is 6.93. The van der Waals surface area contributed by atoms with Gasteiger partial charge in [-0.2, -0.15) is 0 Å². The minimum Gasteiger partial charge on any atom is -0.387 e. The molecule has 0 aliphatic heterocycles. The summed E-state index contributed by atoms with van der Waals surface area (Å²) >= 11 is 0. The molecule has 0 aromatic rings. The second-order valence-electron chi connectivity index (χ2n) is 5.62. The molecule has 0 spiro atoms. The third-order valence-electron chi connectivity index (χ3n) is 2.60. The average molecular weight is 245 g/mol. The van der Waals surface area contributed by atoms with E-state index in [2.05, 4.69) is 5.32 Å². The molecule has 0 bridgehead atoms. The Balaban J connectivity index is 3.99. The highest BCUT2D eigenvalue weighted by Crippen LogP contribution is 2.05. The highest BCUT2D eigenvalue weighted by atomic mass is 16.3. The fourth-order valence-electron chi connectivity index (χ4n) is 1.55. The van der Waals surface area contributed by atoms with Crippen LogP contribution in [0, 0.1) is 5.92 Å². The maximum absolute atomic E-state index is 11.6. The van der Waals surface area contributed by atoms with E-state index >= 15 is 0 Å². The maximum Gasteiger partial charge on any atom is 0.221 e. The third-order valence-corrected chi connectivity index (χ3v) is 2.60. The van der Waals surface area contributed by atoms with E-state index in [-0.39, 0.29) is 24.4 Å². The summed E-state index contributed by atoms with van der Waals surface area (Å²) in [5.41, 5.74) is 4.89. The first kappa shape index (κ1) is 16.4. The number of nitrogens with one attached hydrogen (secondary N) is 1. The van der Waals surface area contributed by atoms with Crippen LogP contribution >= 0.6 is 0 Å². The maximum atomic E-state index is 11.6. The lowest BCUT2D eigenvalue weighted by molar-refractivity contribution is -0.122. The smallest absolute Gasteiger partial charge is 0.221 e. The van der Waals surface area contributed by atoms with Crippen LogP contribution < -0.4 is 11.1 Å². The van der Waals surface area contributed by atoms with Crippen LogP contribution in [0.1, 0.15) is 27.2 Å². The molecule has 2 unspecified atom stereocenters. The van der Waals surface area contributed by atoms with E-state index in [1.165, 1.54) is 0 Å². The number of carbonyl (C=O) groups excluding carboxylic acids is 1. The molecule has 17 heavy (non-hydrogen) atoms. The van der Waals surface area contributed by atoms with E-state index in [9.17, 15) is 9.90 Å². The molecule has 1 amide bonds. The van der Waals surface area contributed by atoms with Gasteiger partial charge in [0.1, 0.15) is 0 Å². The largest absolute Gasteiger partial charge is 0.387 e. The van der Waals surface area contributed by atoms with Crippen LogP contribution in [0.4, 0.5) is 0 Å². The summed E-state index contributed by atoms with van der Waals surface area (Å²) in [5, 5.41) is 12.7. The first-order valence-electron chi connectivity index (χ1n) is 6.03. The number of likely N-dealkylation sites (N-methyl/N-ethyl adjacent to an activating group) is 1. The van der Waals surface area contributed by atoms with Gasteiger partial charge >= 0.3 is 0 Å². The van der Waals surface area contributed by atoms with Gasteiger partial charge in [-0.25, -0.2) is 0 Å². The van der Waals surface area contributed by atoms with Gasteiger partial charge < -0.3 is 21.1 Å². The molecule has 5 heteroatoms. The van der Waals surface area contributed by atoms with Crippen molar-refractivity contribution in [2.45, 2.75) is 38.8 Å².